The molecule has 0 spiro atoms. The van der Waals surface area contributed by atoms with Crippen LogP contribution >= 0.6 is 0 Å². The number of methoxy groups -OCH3 is 2. The monoisotopic (exact) mass is 313 g/mol. The molecule has 2 rings (SSSR count). The van der Waals surface area contributed by atoms with Crippen LogP contribution in [0.25, 0.3) is 11.1 Å². The van der Waals surface area contributed by atoms with Crippen molar-refractivity contribution in [3.05, 3.63) is 58.5 Å². The SMILES string of the molecule is COC(=O)Cc1cccc(-c2ccc(OC)c(C(C)N=O)c2)c1. The van der Waals surface area contributed by atoms with E-state index in [2.05, 4.69) is 5.18 Å². The Morgan fingerprint density at radius 1 is 1.13 bits per heavy atom. The van der Waals surface area contributed by atoms with Crippen LogP contribution in [0.4, 0.5) is 0 Å². The number of hydrogen-bond donors (Lipinski definition) is 0. The Hall–Kier alpha value is -2.69. The van der Waals surface area contributed by atoms with Crippen LogP contribution in [0.15, 0.2) is 47.6 Å². The van der Waals surface area contributed by atoms with Gasteiger partial charge in [-0.2, -0.15) is 4.91 Å². The number of nitroso groups, excluding NO2 is 1. The van der Waals surface area contributed by atoms with Gasteiger partial charge >= 0.3 is 5.97 Å². The summed E-state index contributed by atoms with van der Waals surface area (Å²) in [6.45, 7) is 1.72. The number of carbonyl (C=O) groups excluding carboxylic acids is 1. The molecule has 0 bridgehead atoms. The summed E-state index contributed by atoms with van der Waals surface area (Å²) in [7, 11) is 2.93. The van der Waals surface area contributed by atoms with Gasteiger partial charge in [0.25, 0.3) is 0 Å². The van der Waals surface area contributed by atoms with Crippen molar-refractivity contribution in [3.8, 4) is 16.9 Å². The summed E-state index contributed by atoms with van der Waals surface area (Å²) < 4.78 is 9.98. The third kappa shape index (κ3) is 3.94. The first-order chi connectivity index (χ1) is 11.1. The van der Waals surface area contributed by atoms with E-state index >= 15 is 0 Å². The summed E-state index contributed by atoms with van der Waals surface area (Å²) >= 11 is 0. The molecule has 0 aromatic heterocycles. The van der Waals surface area contributed by atoms with E-state index in [-0.39, 0.29) is 12.4 Å². The average molecular weight is 313 g/mol. The molecule has 0 heterocycles. The minimum absolute atomic E-state index is 0.222. The topological polar surface area (TPSA) is 65.0 Å². The lowest BCUT2D eigenvalue weighted by Gasteiger charge is -2.13. The maximum atomic E-state index is 11.4. The fourth-order valence-corrected chi connectivity index (χ4v) is 2.40. The van der Waals surface area contributed by atoms with Crippen molar-refractivity contribution in [2.45, 2.75) is 19.4 Å². The molecule has 120 valence electrons. The fourth-order valence-electron chi connectivity index (χ4n) is 2.40. The lowest BCUT2D eigenvalue weighted by molar-refractivity contribution is -0.139. The van der Waals surface area contributed by atoms with Gasteiger partial charge in [-0.1, -0.05) is 35.5 Å². The van der Waals surface area contributed by atoms with Gasteiger partial charge in [0.1, 0.15) is 11.8 Å². The molecule has 5 nitrogen and oxygen atoms in total. The van der Waals surface area contributed by atoms with Crippen LogP contribution < -0.4 is 4.74 Å². The van der Waals surface area contributed by atoms with E-state index in [1.54, 1.807) is 14.0 Å². The highest BCUT2D eigenvalue weighted by atomic mass is 16.5. The first-order valence-electron chi connectivity index (χ1n) is 7.25. The molecule has 0 aliphatic heterocycles. The molecule has 0 saturated heterocycles. The van der Waals surface area contributed by atoms with Crippen molar-refractivity contribution < 1.29 is 14.3 Å². The van der Waals surface area contributed by atoms with Gasteiger partial charge in [-0.25, -0.2) is 0 Å². The van der Waals surface area contributed by atoms with Crippen LogP contribution in [0.1, 0.15) is 24.1 Å². The lowest BCUT2D eigenvalue weighted by atomic mass is 9.97. The molecule has 2 aromatic rings. The number of hydrogen-bond acceptors (Lipinski definition) is 5. The standard InChI is InChI=1S/C18H19NO4/c1-12(19-21)16-11-15(7-8-17(16)22-2)14-6-4-5-13(9-14)10-18(20)23-3/h4-9,11-12H,10H2,1-3H3. The van der Waals surface area contributed by atoms with Gasteiger partial charge in [0, 0.05) is 5.56 Å². The molecule has 0 N–H and O–H groups in total. The number of rotatable bonds is 6. The molecule has 23 heavy (non-hydrogen) atoms. The summed E-state index contributed by atoms with van der Waals surface area (Å²) in [4.78, 5) is 22.3. The first-order valence-corrected chi connectivity index (χ1v) is 7.25. The molecule has 1 atom stereocenters. The summed E-state index contributed by atoms with van der Waals surface area (Å²) in [5.41, 5.74) is 3.49. The van der Waals surface area contributed by atoms with Crippen molar-refractivity contribution in [3.63, 3.8) is 0 Å². The zero-order valence-electron chi connectivity index (χ0n) is 13.4. The minimum atomic E-state index is -0.497. The van der Waals surface area contributed by atoms with Gasteiger partial charge in [0.15, 0.2) is 0 Å². The molecule has 0 aliphatic carbocycles. The summed E-state index contributed by atoms with van der Waals surface area (Å²) in [5, 5.41) is 3.08. The highest BCUT2D eigenvalue weighted by Gasteiger charge is 2.13. The van der Waals surface area contributed by atoms with E-state index in [1.807, 2.05) is 42.5 Å². The second kappa shape index (κ2) is 7.54. The summed E-state index contributed by atoms with van der Waals surface area (Å²) in [6, 6.07) is 12.8. The average Bonchev–Trinajstić information content (AvgIpc) is 2.60. The quantitative estimate of drug-likeness (QED) is 0.599. The molecule has 0 fully saturated rings. The Balaban J connectivity index is 2.40. The second-order valence-electron chi connectivity index (χ2n) is 5.19. The van der Waals surface area contributed by atoms with Gasteiger partial charge in [-0.15, -0.1) is 0 Å². The summed E-state index contributed by atoms with van der Waals surface area (Å²) in [6.07, 6.45) is 0.222. The van der Waals surface area contributed by atoms with Gasteiger partial charge in [-0.05, 0) is 35.7 Å². The Morgan fingerprint density at radius 3 is 2.52 bits per heavy atom. The van der Waals surface area contributed by atoms with Crippen LogP contribution in [0.3, 0.4) is 0 Å². The van der Waals surface area contributed by atoms with Crippen LogP contribution in [-0.2, 0) is 16.0 Å². The molecular formula is C18H19NO4. The third-order valence-corrected chi connectivity index (χ3v) is 3.67. The highest BCUT2D eigenvalue weighted by molar-refractivity contribution is 5.74. The predicted molar refractivity (Wildman–Crippen MR) is 88.4 cm³/mol. The van der Waals surface area contributed by atoms with Crippen LogP contribution in [0.2, 0.25) is 0 Å². The zero-order chi connectivity index (χ0) is 16.8. The van der Waals surface area contributed by atoms with E-state index in [1.165, 1.54) is 7.11 Å². The highest BCUT2D eigenvalue weighted by Crippen LogP contribution is 2.32. The van der Waals surface area contributed by atoms with Crippen molar-refractivity contribution in [1.29, 1.82) is 0 Å². The maximum Gasteiger partial charge on any atom is 0.309 e. The molecule has 0 radical (unpaired) electrons. The molecule has 5 heteroatoms. The van der Waals surface area contributed by atoms with Crippen molar-refractivity contribution in [2.75, 3.05) is 14.2 Å². The van der Waals surface area contributed by atoms with E-state index in [4.69, 9.17) is 9.47 Å². The van der Waals surface area contributed by atoms with Crippen LogP contribution in [0.5, 0.6) is 5.75 Å². The Kier molecular flexibility index (Phi) is 5.46. The largest absolute Gasteiger partial charge is 0.496 e. The lowest BCUT2D eigenvalue weighted by Crippen LogP contribution is -2.04. The number of carbonyl (C=O) groups is 1. The second-order valence-corrected chi connectivity index (χ2v) is 5.19. The number of ether oxygens (including phenoxy) is 2. The van der Waals surface area contributed by atoms with E-state index in [0.29, 0.717) is 5.75 Å². The number of benzene rings is 2. The Morgan fingerprint density at radius 2 is 1.87 bits per heavy atom. The Labute approximate surface area is 135 Å². The molecule has 0 aliphatic rings. The van der Waals surface area contributed by atoms with Gasteiger partial charge in [0.05, 0.1) is 20.6 Å². The summed E-state index contributed by atoms with van der Waals surface area (Å²) in [5.74, 6) is 0.350. The number of nitrogens with zero attached hydrogens (tertiary/aromatic N) is 1. The maximum absolute atomic E-state index is 11.4. The van der Waals surface area contributed by atoms with Crippen molar-refractivity contribution in [1.82, 2.24) is 0 Å². The first kappa shape index (κ1) is 16.7. The van der Waals surface area contributed by atoms with Gasteiger partial charge in [0.2, 0.25) is 0 Å². The molecule has 1 unspecified atom stereocenters. The molecule has 0 amide bonds. The van der Waals surface area contributed by atoms with E-state index < -0.39 is 6.04 Å². The molecule has 0 saturated carbocycles. The number of esters is 1. The third-order valence-electron chi connectivity index (χ3n) is 3.67. The zero-order valence-corrected chi connectivity index (χ0v) is 13.4. The normalized spacial score (nSPS) is 11.6. The van der Waals surface area contributed by atoms with E-state index in [0.717, 1.165) is 22.3 Å². The van der Waals surface area contributed by atoms with Crippen molar-refractivity contribution >= 4 is 5.97 Å². The smallest absolute Gasteiger partial charge is 0.309 e. The van der Waals surface area contributed by atoms with Crippen LogP contribution in [0, 0.1) is 4.91 Å². The van der Waals surface area contributed by atoms with E-state index in [9.17, 15) is 9.70 Å². The van der Waals surface area contributed by atoms with Gasteiger partial charge in [-0.3, -0.25) is 4.79 Å². The predicted octanol–water partition coefficient (Wildman–Crippen LogP) is 3.91. The van der Waals surface area contributed by atoms with Crippen molar-refractivity contribution in [2.24, 2.45) is 5.18 Å². The minimum Gasteiger partial charge on any atom is -0.496 e. The Bertz CT molecular complexity index is 712. The molecule has 2 aromatic carbocycles. The molecular weight excluding hydrogens is 294 g/mol. The van der Waals surface area contributed by atoms with Crippen LogP contribution in [-0.4, -0.2) is 20.2 Å². The van der Waals surface area contributed by atoms with Gasteiger partial charge < -0.3 is 9.47 Å². The fraction of sp³-hybridized carbons (Fsp3) is 0.278.